The molecule has 4 nitrogen and oxygen atoms in total. The smallest absolute Gasteiger partial charge is 0.328 e. The number of nitrogens with one attached hydrogen (secondary N) is 1. The first-order chi connectivity index (χ1) is 7.68. The van der Waals surface area contributed by atoms with E-state index in [-0.39, 0.29) is 0 Å². The summed E-state index contributed by atoms with van der Waals surface area (Å²) in [7, 11) is 0. The molecule has 0 fully saturated rings. The van der Waals surface area contributed by atoms with Crippen molar-refractivity contribution in [2.75, 3.05) is 0 Å². The number of carbonyl (C=O) groups is 1. The number of H-pyrrole nitrogens is 1. The van der Waals surface area contributed by atoms with E-state index >= 15 is 0 Å². The van der Waals surface area contributed by atoms with Crippen LogP contribution in [0.4, 0.5) is 0 Å². The first kappa shape index (κ1) is 10.6. The van der Waals surface area contributed by atoms with Crippen LogP contribution in [-0.2, 0) is 4.79 Å². The molecule has 0 saturated carbocycles. The van der Waals surface area contributed by atoms with Gasteiger partial charge in [-0.25, -0.2) is 4.79 Å². The molecule has 0 amide bonds. The van der Waals surface area contributed by atoms with Gasteiger partial charge in [0, 0.05) is 11.6 Å². The van der Waals surface area contributed by atoms with Crippen LogP contribution in [0.3, 0.4) is 0 Å². The van der Waals surface area contributed by atoms with Crippen molar-refractivity contribution < 1.29 is 9.90 Å². The number of carboxylic acids is 1. The summed E-state index contributed by atoms with van der Waals surface area (Å²) in [6, 6.07) is 2.02. The van der Waals surface area contributed by atoms with Gasteiger partial charge in [0.05, 0.1) is 16.8 Å². The Morgan fingerprint density at radius 1 is 1.62 bits per heavy atom. The zero-order chi connectivity index (χ0) is 11.5. The Hall–Kier alpha value is -1.88. The van der Waals surface area contributed by atoms with Crippen molar-refractivity contribution in [2.24, 2.45) is 0 Å². The molecule has 2 aromatic heterocycles. The summed E-state index contributed by atoms with van der Waals surface area (Å²) in [5.41, 5.74) is 2.80. The number of aryl methyl sites for hydroxylation is 1. The number of aromatic nitrogens is 2. The fourth-order valence-electron chi connectivity index (χ4n) is 1.39. The van der Waals surface area contributed by atoms with E-state index < -0.39 is 5.97 Å². The molecule has 2 rings (SSSR count). The maximum atomic E-state index is 10.4. The third-order valence-electron chi connectivity index (χ3n) is 2.16. The van der Waals surface area contributed by atoms with E-state index in [2.05, 4.69) is 10.2 Å². The van der Waals surface area contributed by atoms with Gasteiger partial charge in [0.25, 0.3) is 0 Å². The molecule has 0 aliphatic heterocycles. The molecule has 0 atom stereocenters. The number of rotatable bonds is 3. The third-order valence-corrected chi connectivity index (χ3v) is 3.20. The molecule has 82 valence electrons. The van der Waals surface area contributed by atoms with Crippen LogP contribution in [0, 0.1) is 6.92 Å². The number of aliphatic carboxylic acids is 1. The molecule has 16 heavy (non-hydrogen) atoms. The van der Waals surface area contributed by atoms with Gasteiger partial charge in [0.2, 0.25) is 0 Å². The van der Waals surface area contributed by atoms with Crippen molar-refractivity contribution in [1.82, 2.24) is 10.2 Å². The average molecular weight is 234 g/mol. The van der Waals surface area contributed by atoms with Crippen LogP contribution >= 0.6 is 11.3 Å². The number of nitrogens with zero attached hydrogens (tertiary/aromatic N) is 1. The lowest BCUT2D eigenvalue weighted by molar-refractivity contribution is -0.131. The molecule has 0 unspecified atom stereocenters. The molecule has 2 heterocycles. The molecule has 0 radical (unpaired) electrons. The predicted octanol–water partition coefficient (Wildman–Crippen LogP) is 2.54. The largest absolute Gasteiger partial charge is 0.478 e. The highest BCUT2D eigenvalue weighted by Crippen LogP contribution is 2.30. The average Bonchev–Trinajstić information content (AvgIpc) is 2.82. The van der Waals surface area contributed by atoms with Crippen molar-refractivity contribution in [1.29, 1.82) is 0 Å². The van der Waals surface area contributed by atoms with E-state index in [0.29, 0.717) is 0 Å². The van der Waals surface area contributed by atoms with Crippen molar-refractivity contribution in [3.8, 4) is 10.6 Å². The van der Waals surface area contributed by atoms with Crippen LogP contribution in [0.15, 0.2) is 23.7 Å². The van der Waals surface area contributed by atoms with Crippen molar-refractivity contribution >= 4 is 23.4 Å². The number of aromatic amines is 1. The van der Waals surface area contributed by atoms with Gasteiger partial charge in [0.1, 0.15) is 0 Å². The Kier molecular flexibility index (Phi) is 2.87. The Morgan fingerprint density at radius 3 is 3.06 bits per heavy atom. The Morgan fingerprint density at radius 2 is 2.44 bits per heavy atom. The maximum Gasteiger partial charge on any atom is 0.328 e. The number of hydrogen-bond acceptors (Lipinski definition) is 3. The summed E-state index contributed by atoms with van der Waals surface area (Å²) in [4.78, 5) is 11.5. The van der Waals surface area contributed by atoms with Gasteiger partial charge >= 0.3 is 5.97 Å². The molecule has 0 aromatic carbocycles. The highest BCUT2D eigenvalue weighted by atomic mass is 32.1. The van der Waals surface area contributed by atoms with Gasteiger partial charge in [-0.1, -0.05) is 0 Å². The van der Waals surface area contributed by atoms with Crippen LogP contribution in [0.1, 0.15) is 11.1 Å². The summed E-state index contributed by atoms with van der Waals surface area (Å²) in [5, 5.41) is 17.4. The van der Waals surface area contributed by atoms with Crippen LogP contribution < -0.4 is 0 Å². The van der Waals surface area contributed by atoms with E-state index in [1.54, 1.807) is 23.6 Å². The predicted molar refractivity (Wildman–Crippen MR) is 63.3 cm³/mol. The van der Waals surface area contributed by atoms with E-state index in [1.165, 1.54) is 0 Å². The van der Waals surface area contributed by atoms with Gasteiger partial charge in [0.15, 0.2) is 0 Å². The van der Waals surface area contributed by atoms with Crippen molar-refractivity contribution in [3.63, 3.8) is 0 Å². The minimum atomic E-state index is -0.963. The standard InChI is InChI=1S/C11H10N2O2S/c1-7-4-5-16-11(7)10-8(6-12-13-10)2-3-9(14)15/h2-6H,1H3,(H,12,13)(H,14,15)/b3-2+. The molecule has 0 aliphatic carbocycles. The van der Waals surface area contributed by atoms with Gasteiger partial charge in [-0.15, -0.1) is 11.3 Å². The van der Waals surface area contributed by atoms with Gasteiger partial charge in [-0.3, -0.25) is 5.10 Å². The van der Waals surface area contributed by atoms with Gasteiger partial charge in [-0.2, -0.15) is 5.10 Å². The first-order valence-electron chi connectivity index (χ1n) is 4.67. The van der Waals surface area contributed by atoms with Crippen LogP contribution in [-0.4, -0.2) is 21.3 Å². The minimum absolute atomic E-state index is 0.785. The fraction of sp³-hybridized carbons (Fsp3) is 0.0909. The molecule has 0 bridgehead atoms. The monoisotopic (exact) mass is 234 g/mol. The molecule has 0 saturated heterocycles. The third kappa shape index (κ3) is 2.04. The van der Waals surface area contributed by atoms with Crippen molar-refractivity contribution in [3.05, 3.63) is 34.8 Å². The topological polar surface area (TPSA) is 66.0 Å². The lowest BCUT2D eigenvalue weighted by Gasteiger charge is -1.97. The molecule has 2 N–H and O–H groups in total. The van der Waals surface area contributed by atoms with E-state index in [4.69, 9.17) is 5.11 Å². The SMILES string of the molecule is Cc1ccsc1-c1[nH]ncc1/C=C/C(=O)O. The van der Waals surface area contributed by atoms with Crippen LogP contribution in [0.2, 0.25) is 0 Å². The number of thiophene rings is 1. The number of hydrogen-bond donors (Lipinski definition) is 2. The summed E-state index contributed by atoms with van der Waals surface area (Å²) >= 11 is 1.60. The molecule has 2 aromatic rings. The molecule has 0 aliphatic rings. The van der Waals surface area contributed by atoms with E-state index in [0.717, 1.165) is 27.8 Å². The summed E-state index contributed by atoms with van der Waals surface area (Å²) in [6.45, 7) is 2.01. The molecule has 5 heteroatoms. The molecular formula is C11H10N2O2S. The quantitative estimate of drug-likeness (QED) is 0.802. The Balaban J connectivity index is 2.40. The highest BCUT2D eigenvalue weighted by molar-refractivity contribution is 7.13. The maximum absolute atomic E-state index is 10.4. The zero-order valence-corrected chi connectivity index (χ0v) is 9.41. The van der Waals surface area contributed by atoms with Crippen molar-refractivity contribution in [2.45, 2.75) is 6.92 Å². The summed E-state index contributed by atoms with van der Waals surface area (Å²) < 4.78 is 0. The second-order valence-corrected chi connectivity index (χ2v) is 4.22. The Labute approximate surface area is 96.3 Å². The lowest BCUT2D eigenvalue weighted by Crippen LogP contribution is -1.86. The summed E-state index contributed by atoms with van der Waals surface area (Å²) in [5.74, 6) is -0.963. The minimum Gasteiger partial charge on any atom is -0.478 e. The highest BCUT2D eigenvalue weighted by Gasteiger charge is 2.09. The first-order valence-corrected chi connectivity index (χ1v) is 5.55. The van der Waals surface area contributed by atoms with Crippen LogP contribution in [0.25, 0.3) is 16.6 Å². The fourth-order valence-corrected chi connectivity index (χ4v) is 2.34. The normalized spacial score (nSPS) is 11.1. The molecule has 0 spiro atoms. The van der Waals surface area contributed by atoms with E-state index in [9.17, 15) is 4.79 Å². The zero-order valence-electron chi connectivity index (χ0n) is 8.60. The number of carboxylic acid groups (broad SMARTS) is 1. The van der Waals surface area contributed by atoms with E-state index in [1.807, 2.05) is 18.4 Å². The summed E-state index contributed by atoms with van der Waals surface area (Å²) in [6.07, 6.45) is 4.27. The van der Waals surface area contributed by atoms with Gasteiger partial charge < -0.3 is 5.11 Å². The van der Waals surface area contributed by atoms with Crippen LogP contribution in [0.5, 0.6) is 0 Å². The van der Waals surface area contributed by atoms with Gasteiger partial charge in [-0.05, 0) is 30.0 Å². The second-order valence-electron chi connectivity index (χ2n) is 3.30. The lowest BCUT2D eigenvalue weighted by atomic mass is 10.1. The second kappa shape index (κ2) is 4.32. The molecular weight excluding hydrogens is 224 g/mol. The Bertz CT molecular complexity index is 540.